The predicted octanol–water partition coefficient (Wildman–Crippen LogP) is 5.74. The number of halogens is 8. The van der Waals surface area contributed by atoms with Gasteiger partial charge in [0.05, 0.1) is 24.7 Å². The molecule has 0 saturated carbocycles. The molecule has 162 valence electrons. The van der Waals surface area contributed by atoms with Gasteiger partial charge in [-0.1, -0.05) is 23.2 Å². The van der Waals surface area contributed by atoms with Crippen LogP contribution >= 0.6 is 58.0 Å². The maximum absolute atomic E-state index is 12.9. The summed E-state index contributed by atoms with van der Waals surface area (Å²) in [5, 5.41) is -0.599. The molecule has 0 saturated heterocycles. The molecule has 0 radical (unpaired) electrons. The third kappa shape index (κ3) is 8.19. The Bertz CT molecular complexity index is 1010. The molecule has 0 N–H and O–H groups in total. The Labute approximate surface area is 193 Å². The smallest absolute Gasteiger partial charge is 0.254 e. The zero-order chi connectivity index (χ0) is 23.0. The fourth-order valence-electron chi connectivity index (χ4n) is 1.45. The number of rotatable bonds is 1. The number of nitrogens with zero attached hydrogens (tertiary/aromatic N) is 6. The molecule has 15 heteroatoms. The van der Waals surface area contributed by atoms with Gasteiger partial charge < -0.3 is 4.74 Å². The normalized spacial score (nSPS) is 9.83. The van der Waals surface area contributed by atoms with E-state index >= 15 is 0 Å². The lowest BCUT2D eigenvalue weighted by Gasteiger charge is -2.01. The lowest BCUT2D eigenvalue weighted by Crippen LogP contribution is -1.98. The van der Waals surface area contributed by atoms with Crippen molar-refractivity contribution < 1.29 is 17.9 Å². The van der Waals surface area contributed by atoms with Crippen LogP contribution in [0.3, 0.4) is 0 Å². The SMILES string of the molecule is COc1nc(Cl)nc(C)c1F.Cc1nc(Cl)nc(Cl)c1F.Fc1cnc(Cl)nc1Cl. The Balaban J connectivity index is 0.000000226. The van der Waals surface area contributed by atoms with Crippen LogP contribution in [0.15, 0.2) is 6.20 Å². The molecular formula is C15H10Cl5F3N6O. The average Bonchev–Trinajstić information content (AvgIpc) is 2.67. The molecule has 0 bridgehead atoms. The van der Waals surface area contributed by atoms with Gasteiger partial charge in [-0.3, -0.25) is 0 Å². The van der Waals surface area contributed by atoms with Crippen molar-refractivity contribution in [1.29, 1.82) is 0 Å². The minimum atomic E-state index is -0.666. The van der Waals surface area contributed by atoms with Crippen LogP contribution in [0.5, 0.6) is 5.88 Å². The van der Waals surface area contributed by atoms with Gasteiger partial charge in [-0.25, -0.2) is 33.7 Å². The van der Waals surface area contributed by atoms with E-state index in [9.17, 15) is 13.2 Å². The number of hydrogen-bond acceptors (Lipinski definition) is 7. The van der Waals surface area contributed by atoms with Crippen molar-refractivity contribution in [2.45, 2.75) is 13.8 Å². The number of aryl methyl sites for hydroxylation is 2. The monoisotopic (exact) mass is 522 g/mol. The van der Waals surface area contributed by atoms with Crippen LogP contribution in [0.4, 0.5) is 13.2 Å². The summed E-state index contributed by atoms with van der Waals surface area (Å²) in [7, 11) is 1.32. The van der Waals surface area contributed by atoms with Crippen molar-refractivity contribution in [3.8, 4) is 5.88 Å². The van der Waals surface area contributed by atoms with E-state index in [1.54, 1.807) is 0 Å². The summed E-state index contributed by atoms with van der Waals surface area (Å²) in [6, 6.07) is 0. The van der Waals surface area contributed by atoms with Crippen LogP contribution in [0, 0.1) is 31.3 Å². The second-order valence-corrected chi connectivity index (χ2v) is 6.59. The Morgan fingerprint density at radius 3 is 1.67 bits per heavy atom. The van der Waals surface area contributed by atoms with Gasteiger partial charge in [0.2, 0.25) is 21.7 Å². The van der Waals surface area contributed by atoms with E-state index in [1.165, 1.54) is 21.0 Å². The molecule has 0 fully saturated rings. The van der Waals surface area contributed by atoms with Gasteiger partial charge in [-0.05, 0) is 48.7 Å². The third-order valence-electron chi connectivity index (χ3n) is 2.77. The first-order valence-corrected chi connectivity index (χ1v) is 9.27. The van der Waals surface area contributed by atoms with Crippen molar-refractivity contribution in [3.05, 3.63) is 61.2 Å². The predicted molar refractivity (Wildman–Crippen MR) is 107 cm³/mol. The molecule has 0 amide bonds. The van der Waals surface area contributed by atoms with Crippen LogP contribution in [0.2, 0.25) is 26.2 Å². The van der Waals surface area contributed by atoms with Gasteiger partial charge in [-0.15, -0.1) is 0 Å². The number of hydrogen-bond donors (Lipinski definition) is 0. The quantitative estimate of drug-likeness (QED) is 0.296. The van der Waals surface area contributed by atoms with Crippen LogP contribution < -0.4 is 4.74 Å². The van der Waals surface area contributed by atoms with E-state index in [2.05, 4.69) is 34.6 Å². The number of ether oxygens (including phenoxy) is 1. The molecule has 3 rings (SSSR count). The molecule has 0 atom stereocenters. The zero-order valence-corrected chi connectivity index (χ0v) is 19.0. The lowest BCUT2D eigenvalue weighted by molar-refractivity contribution is 0.365. The molecular weight excluding hydrogens is 514 g/mol. The van der Waals surface area contributed by atoms with E-state index in [0.717, 1.165) is 6.20 Å². The zero-order valence-electron chi connectivity index (χ0n) is 15.2. The summed E-state index contributed by atoms with van der Waals surface area (Å²) in [4.78, 5) is 20.7. The van der Waals surface area contributed by atoms with Gasteiger partial charge in [0.15, 0.2) is 21.9 Å². The Morgan fingerprint density at radius 1 is 0.700 bits per heavy atom. The fourth-order valence-corrected chi connectivity index (χ4v) is 2.43. The number of aromatic nitrogens is 6. The summed E-state index contributed by atoms with van der Waals surface area (Å²) < 4.78 is 42.2. The van der Waals surface area contributed by atoms with E-state index in [0.29, 0.717) is 0 Å². The van der Waals surface area contributed by atoms with Crippen LogP contribution in [0.25, 0.3) is 0 Å². The van der Waals surface area contributed by atoms with Crippen LogP contribution in [-0.4, -0.2) is 37.0 Å². The highest BCUT2D eigenvalue weighted by Gasteiger charge is 2.09. The topological polar surface area (TPSA) is 86.6 Å². The Hall–Kier alpha value is -1.72. The second-order valence-electron chi connectivity index (χ2n) is 4.86. The lowest BCUT2D eigenvalue weighted by atomic mass is 10.4. The van der Waals surface area contributed by atoms with E-state index < -0.39 is 17.5 Å². The maximum atomic E-state index is 12.9. The van der Waals surface area contributed by atoms with Crippen molar-refractivity contribution in [2.75, 3.05) is 7.11 Å². The first-order valence-electron chi connectivity index (χ1n) is 7.38. The van der Waals surface area contributed by atoms with E-state index in [-0.39, 0.29) is 43.4 Å². The minimum absolute atomic E-state index is 0.0132. The minimum Gasteiger partial charge on any atom is -0.479 e. The van der Waals surface area contributed by atoms with Gasteiger partial charge in [0.25, 0.3) is 5.88 Å². The van der Waals surface area contributed by atoms with Gasteiger partial charge in [0, 0.05) is 0 Å². The summed E-state index contributed by atoms with van der Waals surface area (Å²) in [6.45, 7) is 2.96. The van der Waals surface area contributed by atoms with Crippen LogP contribution in [0.1, 0.15) is 11.4 Å². The largest absolute Gasteiger partial charge is 0.479 e. The molecule has 3 aromatic rings. The summed E-state index contributed by atoms with van der Waals surface area (Å²) >= 11 is 26.5. The highest BCUT2D eigenvalue weighted by molar-refractivity contribution is 6.32. The molecule has 3 aromatic heterocycles. The summed E-state index contributed by atoms with van der Waals surface area (Å²) in [6.07, 6.45) is 0.914. The first kappa shape index (κ1) is 26.3. The highest BCUT2D eigenvalue weighted by atomic mass is 35.5. The van der Waals surface area contributed by atoms with Crippen molar-refractivity contribution in [1.82, 2.24) is 29.9 Å². The second kappa shape index (κ2) is 12.2. The first-order chi connectivity index (χ1) is 14.0. The summed E-state index contributed by atoms with van der Waals surface area (Å²) in [5.41, 5.74) is 0.340. The van der Waals surface area contributed by atoms with Crippen molar-refractivity contribution >= 4 is 58.0 Å². The van der Waals surface area contributed by atoms with Gasteiger partial charge in [-0.2, -0.15) is 9.37 Å². The third-order valence-corrected chi connectivity index (χ3v) is 3.81. The molecule has 0 aromatic carbocycles. The summed E-state index contributed by atoms with van der Waals surface area (Å²) in [5.74, 6) is -1.98. The van der Waals surface area contributed by atoms with Crippen molar-refractivity contribution in [2.24, 2.45) is 0 Å². The maximum Gasteiger partial charge on any atom is 0.254 e. The molecule has 0 unspecified atom stereocenters. The van der Waals surface area contributed by atoms with Gasteiger partial charge in [0.1, 0.15) is 0 Å². The Morgan fingerprint density at radius 2 is 1.20 bits per heavy atom. The molecule has 0 spiro atoms. The van der Waals surface area contributed by atoms with Gasteiger partial charge >= 0.3 is 0 Å². The van der Waals surface area contributed by atoms with Crippen molar-refractivity contribution in [3.63, 3.8) is 0 Å². The fraction of sp³-hybridized carbons (Fsp3) is 0.200. The molecule has 7 nitrogen and oxygen atoms in total. The highest BCUT2D eigenvalue weighted by Crippen LogP contribution is 2.17. The molecule has 30 heavy (non-hydrogen) atoms. The van der Waals surface area contributed by atoms with Crippen LogP contribution in [-0.2, 0) is 0 Å². The molecule has 0 aliphatic rings. The molecule has 3 heterocycles. The van der Waals surface area contributed by atoms with E-state index in [1.807, 2.05) is 0 Å². The standard InChI is InChI=1S/C6H6ClFN2O.C5H3Cl2FN2.C4HCl2FN2/c1-3-4(8)5(11-2)10-6(7)9-3;1-2-3(8)4(6)10-5(7)9-2;5-3-2(7)1-8-4(6)9-3/h1-2H3;1H3;1H. The Kier molecular flexibility index (Phi) is 10.7. The molecule has 0 aliphatic heterocycles. The van der Waals surface area contributed by atoms with E-state index in [4.69, 9.17) is 58.0 Å². The number of methoxy groups -OCH3 is 1. The average molecular weight is 525 g/mol. The molecule has 0 aliphatic carbocycles.